The maximum absolute atomic E-state index is 9.23. The Bertz CT molecular complexity index is 511. The van der Waals surface area contributed by atoms with Gasteiger partial charge >= 0.3 is 0 Å². The first-order valence-electron chi connectivity index (χ1n) is 5.02. The molecule has 0 saturated heterocycles. The molecule has 0 aliphatic carbocycles. The molecule has 0 unspecified atom stereocenters. The van der Waals surface area contributed by atoms with Gasteiger partial charge in [0.1, 0.15) is 11.5 Å². The zero-order chi connectivity index (χ0) is 12.3. The minimum absolute atomic E-state index is 0.0347. The minimum atomic E-state index is -0.0347. The van der Waals surface area contributed by atoms with Crippen molar-refractivity contribution in [2.75, 3.05) is 0 Å². The van der Waals surface area contributed by atoms with Crippen molar-refractivity contribution in [3.05, 3.63) is 56.1 Å². The fourth-order valence-corrected chi connectivity index (χ4v) is 2.08. The number of aliphatic hydroxyl groups is 1. The number of rotatable bonds is 3. The van der Waals surface area contributed by atoms with E-state index in [1.165, 1.54) is 0 Å². The van der Waals surface area contributed by atoms with Crippen molar-refractivity contribution < 1.29 is 9.84 Å². The van der Waals surface area contributed by atoms with Crippen molar-refractivity contribution in [2.24, 2.45) is 0 Å². The molecule has 2 nitrogen and oxygen atoms in total. The highest BCUT2D eigenvalue weighted by Crippen LogP contribution is 2.28. The van der Waals surface area contributed by atoms with E-state index in [4.69, 9.17) is 4.74 Å². The summed E-state index contributed by atoms with van der Waals surface area (Å²) in [5.41, 5.74) is 0.770. The second-order valence-corrected chi connectivity index (χ2v) is 5.63. The van der Waals surface area contributed by atoms with Crippen LogP contribution >= 0.6 is 38.5 Å². The maximum Gasteiger partial charge on any atom is 0.134 e. The van der Waals surface area contributed by atoms with Crippen LogP contribution in [0.25, 0.3) is 0 Å². The van der Waals surface area contributed by atoms with Gasteiger partial charge in [-0.1, -0.05) is 22.0 Å². The SMILES string of the molecule is OCc1ccc(Br)cc1Oc1ccc(I)cc1. The molecule has 0 heterocycles. The van der Waals surface area contributed by atoms with Crippen LogP contribution in [0.2, 0.25) is 0 Å². The van der Waals surface area contributed by atoms with Crippen LogP contribution in [0.1, 0.15) is 5.56 Å². The molecule has 1 N–H and O–H groups in total. The fraction of sp³-hybridized carbons (Fsp3) is 0.0769. The van der Waals surface area contributed by atoms with Crippen molar-refractivity contribution in [3.8, 4) is 11.5 Å². The Hall–Kier alpha value is -0.590. The molecular weight excluding hydrogens is 395 g/mol. The molecule has 4 heteroatoms. The van der Waals surface area contributed by atoms with Crippen LogP contribution < -0.4 is 4.74 Å². The van der Waals surface area contributed by atoms with Crippen LogP contribution in [0, 0.1) is 3.57 Å². The standard InChI is InChI=1S/C13H10BrIO2/c14-10-2-1-9(8-16)13(7-10)17-12-5-3-11(15)4-6-12/h1-7,16H,8H2. The first-order valence-corrected chi connectivity index (χ1v) is 6.89. The number of hydrogen-bond acceptors (Lipinski definition) is 2. The molecule has 0 fully saturated rings. The number of halogens is 2. The smallest absolute Gasteiger partial charge is 0.134 e. The van der Waals surface area contributed by atoms with Crippen LogP contribution in [0.3, 0.4) is 0 Å². The molecule has 2 rings (SSSR count). The number of ether oxygens (including phenoxy) is 1. The average molecular weight is 405 g/mol. The summed E-state index contributed by atoms with van der Waals surface area (Å²) in [7, 11) is 0. The first-order chi connectivity index (χ1) is 8.19. The van der Waals surface area contributed by atoms with Gasteiger partial charge in [0.25, 0.3) is 0 Å². The summed E-state index contributed by atoms with van der Waals surface area (Å²) in [5, 5.41) is 9.23. The normalized spacial score (nSPS) is 10.3. The lowest BCUT2D eigenvalue weighted by atomic mass is 10.2. The Kier molecular flexibility index (Phi) is 4.42. The van der Waals surface area contributed by atoms with Crippen molar-refractivity contribution in [1.29, 1.82) is 0 Å². The van der Waals surface area contributed by atoms with Crippen LogP contribution in [-0.2, 0) is 6.61 Å². The van der Waals surface area contributed by atoms with E-state index in [0.29, 0.717) is 5.75 Å². The molecule has 2 aromatic carbocycles. The van der Waals surface area contributed by atoms with Crippen LogP contribution in [0.5, 0.6) is 11.5 Å². The molecule has 0 spiro atoms. The Morgan fingerprint density at radius 1 is 1.12 bits per heavy atom. The predicted octanol–water partition coefficient (Wildman–Crippen LogP) is 4.34. The fourth-order valence-electron chi connectivity index (χ4n) is 1.38. The van der Waals surface area contributed by atoms with Crippen molar-refractivity contribution in [1.82, 2.24) is 0 Å². The van der Waals surface area contributed by atoms with E-state index in [1.807, 2.05) is 42.5 Å². The van der Waals surface area contributed by atoms with E-state index < -0.39 is 0 Å². The lowest BCUT2D eigenvalue weighted by Crippen LogP contribution is -1.91. The topological polar surface area (TPSA) is 29.5 Å². The highest BCUT2D eigenvalue weighted by molar-refractivity contribution is 14.1. The summed E-state index contributed by atoms with van der Waals surface area (Å²) < 4.78 is 7.83. The summed E-state index contributed by atoms with van der Waals surface area (Å²) >= 11 is 5.63. The van der Waals surface area contributed by atoms with Gasteiger partial charge in [-0.25, -0.2) is 0 Å². The third-order valence-electron chi connectivity index (χ3n) is 2.24. The summed E-state index contributed by atoms with van der Waals surface area (Å²) in [6, 6.07) is 13.3. The lowest BCUT2D eigenvalue weighted by Gasteiger charge is -2.10. The van der Waals surface area contributed by atoms with Gasteiger partial charge in [-0.05, 0) is 59.0 Å². The monoisotopic (exact) mass is 404 g/mol. The van der Waals surface area contributed by atoms with Gasteiger partial charge in [0.05, 0.1) is 6.61 Å². The third kappa shape index (κ3) is 3.43. The zero-order valence-corrected chi connectivity index (χ0v) is 12.6. The van der Waals surface area contributed by atoms with E-state index in [0.717, 1.165) is 19.4 Å². The second-order valence-electron chi connectivity index (χ2n) is 3.47. The molecule has 17 heavy (non-hydrogen) atoms. The predicted molar refractivity (Wildman–Crippen MR) is 79.3 cm³/mol. The highest BCUT2D eigenvalue weighted by Gasteiger charge is 2.05. The maximum atomic E-state index is 9.23. The highest BCUT2D eigenvalue weighted by atomic mass is 127. The van der Waals surface area contributed by atoms with E-state index in [9.17, 15) is 5.11 Å². The summed E-state index contributed by atoms with van der Waals surface area (Å²) in [6.07, 6.45) is 0. The van der Waals surface area contributed by atoms with E-state index in [-0.39, 0.29) is 6.61 Å². The summed E-state index contributed by atoms with van der Waals surface area (Å²) in [5.74, 6) is 1.43. The Morgan fingerprint density at radius 3 is 2.47 bits per heavy atom. The zero-order valence-electron chi connectivity index (χ0n) is 8.86. The molecule has 0 radical (unpaired) electrons. The van der Waals surface area contributed by atoms with Gasteiger partial charge in [-0.15, -0.1) is 0 Å². The summed E-state index contributed by atoms with van der Waals surface area (Å²) in [6.45, 7) is -0.0347. The van der Waals surface area contributed by atoms with Crippen LogP contribution in [0.15, 0.2) is 46.9 Å². The molecule has 0 bridgehead atoms. The number of aliphatic hydroxyl groups excluding tert-OH is 1. The van der Waals surface area contributed by atoms with Crippen LogP contribution in [0.4, 0.5) is 0 Å². The van der Waals surface area contributed by atoms with E-state index >= 15 is 0 Å². The first kappa shape index (κ1) is 12.9. The quantitative estimate of drug-likeness (QED) is 0.771. The Labute approximate surface area is 122 Å². The molecule has 0 amide bonds. The third-order valence-corrected chi connectivity index (χ3v) is 3.45. The Balaban J connectivity index is 2.28. The molecule has 0 aliphatic heterocycles. The Morgan fingerprint density at radius 2 is 1.82 bits per heavy atom. The number of hydrogen-bond donors (Lipinski definition) is 1. The van der Waals surface area contributed by atoms with Gasteiger partial charge in [0, 0.05) is 13.6 Å². The van der Waals surface area contributed by atoms with Gasteiger partial charge in [-0.3, -0.25) is 0 Å². The molecule has 2 aromatic rings. The largest absolute Gasteiger partial charge is 0.457 e. The molecule has 0 aromatic heterocycles. The number of benzene rings is 2. The lowest BCUT2D eigenvalue weighted by molar-refractivity contribution is 0.276. The van der Waals surface area contributed by atoms with Crippen LogP contribution in [-0.4, -0.2) is 5.11 Å². The van der Waals surface area contributed by atoms with E-state index in [2.05, 4.69) is 38.5 Å². The molecule has 88 valence electrons. The van der Waals surface area contributed by atoms with Gasteiger partial charge < -0.3 is 9.84 Å². The van der Waals surface area contributed by atoms with Gasteiger partial charge in [0.15, 0.2) is 0 Å². The average Bonchev–Trinajstić information content (AvgIpc) is 2.32. The van der Waals surface area contributed by atoms with Crippen molar-refractivity contribution in [3.63, 3.8) is 0 Å². The van der Waals surface area contributed by atoms with Gasteiger partial charge in [-0.2, -0.15) is 0 Å². The van der Waals surface area contributed by atoms with Crippen molar-refractivity contribution in [2.45, 2.75) is 6.61 Å². The van der Waals surface area contributed by atoms with E-state index in [1.54, 1.807) is 0 Å². The molecular formula is C13H10BrIO2. The van der Waals surface area contributed by atoms with Gasteiger partial charge in [0.2, 0.25) is 0 Å². The summed E-state index contributed by atoms with van der Waals surface area (Å²) in [4.78, 5) is 0. The van der Waals surface area contributed by atoms with Crippen molar-refractivity contribution >= 4 is 38.5 Å². The minimum Gasteiger partial charge on any atom is -0.457 e. The molecule has 0 atom stereocenters. The molecule has 0 aliphatic rings. The molecule has 0 saturated carbocycles. The second kappa shape index (κ2) is 5.84.